The molecule has 0 aliphatic carbocycles. The molecule has 0 aromatic rings. The summed E-state index contributed by atoms with van der Waals surface area (Å²) in [6.45, 7) is 13.8. The zero-order chi connectivity index (χ0) is 33.1. The van der Waals surface area contributed by atoms with Crippen molar-refractivity contribution in [3.8, 4) is 0 Å². The van der Waals surface area contributed by atoms with Crippen molar-refractivity contribution in [1.82, 2.24) is 10.2 Å². The molecule has 4 aliphatic rings. The Balaban J connectivity index is 2.15. The average molecular weight is 629 g/mol. The molecule has 0 spiro atoms. The summed E-state index contributed by atoms with van der Waals surface area (Å²) in [7, 11) is 3.74. The molecule has 12 nitrogen and oxygen atoms in total. The number of carbonyl (C=O) groups is 3. The van der Waals surface area contributed by atoms with E-state index in [-0.39, 0.29) is 49.5 Å². The number of likely N-dealkylation sites (N-methyl/N-ethyl adjacent to an activating group) is 1. The number of ketones is 2. The average Bonchev–Trinajstić information content (AvgIpc) is 2.95. The second-order valence-corrected chi connectivity index (χ2v) is 14.0. The van der Waals surface area contributed by atoms with Crippen LogP contribution in [0, 0.1) is 17.8 Å². The Labute approximate surface area is 262 Å². The molecule has 0 aromatic carbocycles. The number of rotatable bonds is 4. The maximum atomic E-state index is 14.0. The lowest BCUT2D eigenvalue weighted by Crippen LogP contribution is -2.60. The molecule has 4 rings (SSSR count). The smallest absolute Gasteiger partial charge is 0.316 e. The largest absolute Gasteiger partial charge is 0.459 e. The summed E-state index contributed by atoms with van der Waals surface area (Å²) >= 11 is 0. The quantitative estimate of drug-likeness (QED) is 0.305. The molecule has 4 heterocycles. The van der Waals surface area contributed by atoms with E-state index in [1.54, 1.807) is 20.8 Å². The second-order valence-electron chi connectivity index (χ2n) is 14.0. The number of ether oxygens (including phenoxy) is 5. The predicted molar refractivity (Wildman–Crippen MR) is 162 cm³/mol. The van der Waals surface area contributed by atoms with Gasteiger partial charge in [0.1, 0.15) is 36.9 Å². The number of aliphatic hydroxyl groups is 2. The molecule has 12 heteroatoms. The molecule has 3 N–H and O–H groups in total. The highest BCUT2D eigenvalue weighted by molar-refractivity contribution is 6.00. The minimum Gasteiger partial charge on any atom is -0.459 e. The third-order valence-electron chi connectivity index (χ3n) is 9.70. The number of fused-ring (bicyclic) bond motifs is 15. The number of aliphatic hydroxyl groups excluding tert-OH is 1. The Hall–Kier alpha value is -1.51. The lowest BCUT2D eigenvalue weighted by atomic mass is 9.79. The van der Waals surface area contributed by atoms with Gasteiger partial charge in [-0.1, -0.05) is 20.8 Å². The van der Waals surface area contributed by atoms with Crippen LogP contribution < -0.4 is 5.32 Å². The Kier molecular flexibility index (Phi) is 12.5. The fourth-order valence-corrected chi connectivity index (χ4v) is 7.10. The molecule has 44 heavy (non-hydrogen) atoms. The number of Topliss-reactive ketones (excluding diaryl/α,β-unsaturated/α-hetero) is 2. The van der Waals surface area contributed by atoms with Gasteiger partial charge in [0.15, 0.2) is 17.9 Å². The van der Waals surface area contributed by atoms with E-state index in [1.807, 2.05) is 39.8 Å². The van der Waals surface area contributed by atoms with E-state index < -0.39 is 65.5 Å². The summed E-state index contributed by atoms with van der Waals surface area (Å²) in [5.41, 5.74) is -2.90. The fraction of sp³-hybridized carbons (Fsp3) is 0.906. The van der Waals surface area contributed by atoms with Crippen LogP contribution in [0.25, 0.3) is 0 Å². The fourth-order valence-electron chi connectivity index (χ4n) is 7.10. The monoisotopic (exact) mass is 628 g/mol. The second kappa shape index (κ2) is 14.9. The molecule has 254 valence electrons. The first-order valence-corrected chi connectivity index (χ1v) is 16.0. The third kappa shape index (κ3) is 8.25. The van der Waals surface area contributed by atoms with Gasteiger partial charge in [-0.05, 0) is 73.9 Å². The third-order valence-corrected chi connectivity index (χ3v) is 9.70. The van der Waals surface area contributed by atoms with Gasteiger partial charge in [0, 0.05) is 24.5 Å². The maximum Gasteiger partial charge on any atom is 0.316 e. The van der Waals surface area contributed by atoms with E-state index in [0.717, 1.165) is 0 Å². The van der Waals surface area contributed by atoms with Crippen LogP contribution in [0.15, 0.2) is 0 Å². The van der Waals surface area contributed by atoms with Crippen molar-refractivity contribution in [3.05, 3.63) is 0 Å². The molecule has 0 aromatic heterocycles. The van der Waals surface area contributed by atoms with Crippen LogP contribution in [0.2, 0.25) is 0 Å². The van der Waals surface area contributed by atoms with Crippen molar-refractivity contribution >= 4 is 17.5 Å². The highest BCUT2D eigenvalue weighted by Crippen LogP contribution is 2.37. The van der Waals surface area contributed by atoms with E-state index >= 15 is 0 Å². The van der Waals surface area contributed by atoms with E-state index in [0.29, 0.717) is 19.4 Å². The lowest BCUT2D eigenvalue weighted by molar-refractivity contribution is -0.296. The highest BCUT2D eigenvalue weighted by atomic mass is 16.7. The van der Waals surface area contributed by atoms with Gasteiger partial charge < -0.3 is 44.1 Å². The van der Waals surface area contributed by atoms with Crippen molar-refractivity contribution in [1.29, 1.82) is 0 Å². The molecule has 4 aliphatic heterocycles. The molecule has 0 unspecified atom stereocenters. The van der Waals surface area contributed by atoms with Crippen molar-refractivity contribution in [2.24, 2.45) is 17.8 Å². The van der Waals surface area contributed by atoms with E-state index in [1.165, 1.54) is 13.8 Å². The number of esters is 1. The van der Waals surface area contributed by atoms with Gasteiger partial charge >= 0.3 is 5.97 Å². The van der Waals surface area contributed by atoms with E-state index in [4.69, 9.17) is 23.7 Å². The summed E-state index contributed by atoms with van der Waals surface area (Å²) < 4.78 is 30.9. The van der Waals surface area contributed by atoms with Crippen LogP contribution in [-0.4, -0.2) is 127 Å². The number of hydrogen-bond donors (Lipinski definition) is 3. The molecule has 4 fully saturated rings. The zero-order valence-corrected chi connectivity index (χ0v) is 28.2. The van der Waals surface area contributed by atoms with Crippen LogP contribution in [0.1, 0.15) is 74.7 Å². The molecular formula is C32H56N2O10. The topological polar surface area (TPSA) is 153 Å². The molecule has 13 atom stereocenters. The highest BCUT2D eigenvalue weighted by Gasteiger charge is 2.51. The van der Waals surface area contributed by atoms with Gasteiger partial charge in [-0.2, -0.15) is 0 Å². The Bertz CT molecular complexity index is 1010. The van der Waals surface area contributed by atoms with Gasteiger partial charge in [0.2, 0.25) is 0 Å². The Morgan fingerprint density at radius 3 is 2.34 bits per heavy atom. The van der Waals surface area contributed by atoms with Crippen molar-refractivity contribution in [3.63, 3.8) is 0 Å². The van der Waals surface area contributed by atoms with E-state index in [9.17, 15) is 24.6 Å². The first-order valence-electron chi connectivity index (χ1n) is 16.0. The van der Waals surface area contributed by atoms with Gasteiger partial charge in [-0.3, -0.25) is 14.4 Å². The molecule has 0 saturated carbocycles. The number of nitrogens with zero attached hydrogens (tertiary/aromatic N) is 1. The van der Waals surface area contributed by atoms with Gasteiger partial charge in [0.05, 0.1) is 23.9 Å². The minimum atomic E-state index is -1.66. The van der Waals surface area contributed by atoms with Crippen LogP contribution in [0.3, 0.4) is 0 Å². The number of nitrogens with one attached hydrogen (secondary N) is 1. The number of carbonyl (C=O) groups excluding carboxylic acids is 3. The van der Waals surface area contributed by atoms with Gasteiger partial charge in [-0.15, -0.1) is 0 Å². The standard InChI is InChI=1S/C32H56N2O10/c1-11-24-32(8,39)27-17(2)14-33-18(3)13-31(7,41-16-22(35)15-40-27)28(20(5)25(36)21(6)29(38)43-24)44-30-26(37)23(34(9)10)12-19(4)42-30/h17-21,23-24,26-28,30,33,37,39H,11-16H2,1-10H3/t17-,18+,19+,20-,21+,23-,24+,26+,27+,28+,30-,31+,32+/m0/s1. The van der Waals surface area contributed by atoms with Crippen LogP contribution in [0.5, 0.6) is 0 Å². The summed E-state index contributed by atoms with van der Waals surface area (Å²) in [4.78, 5) is 42.6. The summed E-state index contributed by atoms with van der Waals surface area (Å²) in [6.07, 6.45) is -4.10. The summed E-state index contributed by atoms with van der Waals surface area (Å²) in [6, 6.07) is -0.451. The van der Waals surface area contributed by atoms with Gasteiger partial charge in [-0.25, -0.2) is 0 Å². The Morgan fingerprint density at radius 1 is 1.07 bits per heavy atom. The van der Waals surface area contributed by atoms with Crippen LogP contribution in [0.4, 0.5) is 0 Å². The molecule has 0 radical (unpaired) electrons. The molecule has 0 amide bonds. The molecule has 4 saturated heterocycles. The maximum absolute atomic E-state index is 14.0. The lowest BCUT2D eigenvalue weighted by Gasteiger charge is -2.47. The first kappa shape index (κ1) is 37.0. The van der Waals surface area contributed by atoms with E-state index in [2.05, 4.69) is 5.32 Å². The summed E-state index contributed by atoms with van der Waals surface area (Å²) in [5.74, 6) is -4.00. The van der Waals surface area contributed by atoms with Crippen molar-refractivity contribution < 1.29 is 48.3 Å². The van der Waals surface area contributed by atoms with Gasteiger partial charge in [0.25, 0.3) is 0 Å². The first-order chi connectivity index (χ1) is 20.4. The van der Waals surface area contributed by atoms with Crippen LogP contribution >= 0.6 is 0 Å². The minimum absolute atomic E-state index is 0.191. The number of hydrogen-bond acceptors (Lipinski definition) is 12. The molecular weight excluding hydrogens is 572 g/mol. The van der Waals surface area contributed by atoms with Crippen molar-refractivity contribution in [2.45, 2.75) is 135 Å². The normalized spacial score (nSPS) is 45.6. The van der Waals surface area contributed by atoms with Crippen molar-refractivity contribution in [2.75, 3.05) is 33.9 Å². The van der Waals surface area contributed by atoms with Crippen LogP contribution in [-0.2, 0) is 38.1 Å². The Morgan fingerprint density at radius 2 is 1.73 bits per heavy atom. The zero-order valence-electron chi connectivity index (χ0n) is 28.2. The molecule has 2 bridgehead atoms. The predicted octanol–water partition coefficient (Wildman–Crippen LogP) is 1.47. The summed E-state index contributed by atoms with van der Waals surface area (Å²) in [5, 5.41) is 26.6. The SMILES string of the molecule is CC[C@H]1OC(=O)[C@H](C)C(=O)[C@H](C)[C@@H](O[C@@H]2O[C@H](C)C[C@H](N(C)C)[C@H]2O)[C@@]2(C)C[C@@H](C)NC[C@H](C)[C@@H](OCC(=O)CO2)[C@]1(C)O.